The van der Waals surface area contributed by atoms with E-state index in [1.807, 2.05) is 32.0 Å². The molecule has 5 nitrogen and oxygen atoms in total. The van der Waals surface area contributed by atoms with Gasteiger partial charge in [-0.15, -0.1) is 0 Å². The van der Waals surface area contributed by atoms with Crippen molar-refractivity contribution in [2.24, 2.45) is 17.1 Å². The summed E-state index contributed by atoms with van der Waals surface area (Å²) in [4.78, 5) is 15.9. The average molecular weight is 368 g/mol. The highest BCUT2D eigenvalue weighted by atomic mass is 16.5. The lowest BCUT2D eigenvalue weighted by atomic mass is 9.85. The molecular formula is C22H28N2O3. The first-order chi connectivity index (χ1) is 12.9. The van der Waals surface area contributed by atoms with Crippen molar-refractivity contribution in [2.75, 3.05) is 0 Å². The van der Waals surface area contributed by atoms with Crippen molar-refractivity contribution >= 4 is 5.91 Å². The first-order valence-electron chi connectivity index (χ1n) is 9.58. The molecule has 0 spiro atoms. The zero-order valence-corrected chi connectivity index (χ0v) is 16.3. The molecule has 144 valence electrons. The molecule has 2 aromatic rings. The molecule has 27 heavy (non-hydrogen) atoms. The molecule has 1 heterocycles. The van der Waals surface area contributed by atoms with Crippen molar-refractivity contribution in [1.29, 1.82) is 0 Å². The fourth-order valence-corrected chi connectivity index (χ4v) is 3.37. The summed E-state index contributed by atoms with van der Waals surface area (Å²) in [6, 6.07) is 11.7. The van der Waals surface area contributed by atoms with Crippen LogP contribution in [0.1, 0.15) is 45.6 Å². The van der Waals surface area contributed by atoms with Crippen LogP contribution < -0.4 is 15.2 Å². The number of hydrogen-bond donors (Lipinski definition) is 1. The van der Waals surface area contributed by atoms with Gasteiger partial charge < -0.3 is 15.2 Å². The number of benzene rings is 1. The normalized spacial score (nSPS) is 16.0. The molecule has 1 fully saturated rings. The van der Waals surface area contributed by atoms with E-state index < -0.39 is 0 Å². The number of nitrogens with two attached hydrogens (primary N) is 1. The Kier molecular flexibility index (Phi) is 5.68. The SMILES string of the molecule is CC(C)Oc1ccc(Oc2ccc(CCC(C)C3(C(N)=O)CC3)cc2)cn1. The highest BCUT2D eigenvalue weighted by molar-refractivity contribution is 5.83. The maximum Gasteiger partial charge on any atom is 0.223 e. The largest absolute Gasteiger partial charge is 0.475 e. The van der Waals surface area contributed by atoms with Crippen LogP contribution in [0.2, 0.25) is 0 Å². The zero-order valence-electron chi connectivity index (χ0n) is 16.3. The topological polar surface area (TPSA) is 74.4 Å². The zero-order chi connectivity index (χ0) is 19.4. The number of primary amides is 1. The molecule has 0 saturated heterocycles. The van der Waals surface area contributed by atoms with E-state index in [2.05, 4.69) is 24.0 Å². The van der Waals surface area contributed by atoms with E-state index in [9.17, 15) is 4.79 Å². The Morgan fingerprint density at radius 1 is 1.11 bits per heavy atom. The third-order valence-corrected chi connectivity index (χ3v) is 5.31. The van der Waals surface area contributed by atoms with Gasteiger partial charge in [0.05, 0.1) is 17.7 Å². The summed E-state index contributed by atoms with van der Waals surface area (Å²) < 4.78 is 11.4. The van der Waals surface area contributed by atoms with Gasteiger partial charge >= 0.3 is 0 Å². The molecule has 0 bridgehead atoms. The van der Waals surface area contributed by atoms with Crippen molar-refractivity contribution in [3.05, 3.63) is 48.2 Å². The lowest BCUT2D eigenvalue weighted by Crippen LogP contribution is -2.30. The number of nitrogens with zero attached hydrogens (tertiary/aromatic N) is 1. The Hall–Kier alpha value is -2.56. The average Bonchev–Trinajstić information content (AvgIpc) is 3.44. The maximum atomic E-state index is 11.6. The van der Waals surface area contributed by atoms with Crippen LogP contribution in [0.3, 0.4) is 0 Å². The molecule has 0 radical (unpaired) electrons. The van der Waals surface area contributed by atoms with Gasteiger partial charge in [-0.3, -0.25) is 4.79 Å². The Labute approximate surface area is 160 Å². The molecular weight excluding hydrogens is 340 g/mol. The van der Waals surface area contributed by atoms with Crippen LogP contribution in [-0.2, 0) is 11.2 Å². The Morgan fingerprint density at radius 3 is 2.30 bits per heavy atom. The van der Waals surface area contributed by atoms with Crippen LogP contribution in [-0.4, -0.2) is 17.0 Å². The van der Waals surface area contributed by atoms with E-state index >= 15 is 0 Å². The molecule has 1 unspecified atom stereocenters. The molecule has 0 aliphatic heterocycles. The number of aryl methyl sites for hydroxylation is 1. The quantitative estimate of drug-likeness (QED) is 0.707. The van der Waals surface area contributed by atoms with Crippen molar-refractivity contribution in [1.82, 2.24) is 4.98 Å². The van der Waals surface area contributed by atoms with Crippen LogP contribution in [0.4, 0.5) is 0 Å². The summed E-state index contributed by atoms with van der Waals surface area (Å²) >= 11 is 0. The number of pyridine rings is 1. The standard InChI is InChI=1S/C22H28N2O3/c1-15(2)26-20-11-10-19(14-24-20)27-18-8-6-17(7-9-18)5-4-16(3)22(12-13-22)21(23)25/h6-11,14-16H,4-5,12-13H2,1-3H3,(H2,23,25). The minimum atomic E-state index is -0.249. The van der Waals surface area contributed by atoms with Gasteiger partial charge in [-0.25, -0.2) is 4.98 Å². The number of rotatable bonds is 9. The lowest BCUT2D eigenvalue weighted by molar-refractivity contribution is -0.124. The first-order valence-corrected chi connectivity index (χ1v) is 9.58. The molecule has 1 amide bonds. The highest BCUT2D eigenvalue weighted by Gasteiger charge is 2.52. The third-order valence-electron chi connectivity index (χ3n) is 5.31. The summed E-state index contributed by atoms with van der Waals surface area (Å²) in [5, 5.41) is 0. The van der Waals surface area contributed by atoms with Crippen molar-refractivity contribution in [2.45, 2.75) is 52.6 Å². The van der Waals surface area contributed by atoms with E-state index in [0.29, 0.717) is 17.5 Å². The molecule has 1 saturated carbocycles. The predicted molar refractivity (Wildman–Crippen MR) is 105 cm³/mol. The van der Waals surface area contributed by atoms with Crippen LogP contribution >= 0.6 is 0 Å². The monoisotopic (exact) mass is 368 g/mol. The third kappa shape index (κ3) is 4.79. The van der Waals surface area contributed by atoms with Gasteiger partial charge in [0.2, 0.25) is 11.8 Å². The number of hydrogen-bond acceptors (Lipinski definition) is 4. The number of carbonyl (C=O) groups excluding carboxylic acids is 1. The molecule has 1 aliphatic rings. The molecule has 5 heteroatoms. The molecule has 2 N–H and O–H groups in total. The Balaban J connectivity index is 1.52. The van der Waals surface area contributed by atoms with Crippen LogP contribution in [0, 0.1) is 11.3 Å². The van der Waals surface area contributed by atoms with Crippen molar-refractivity contribution in [3.8, 4) is 17.4 Å². The van der Waals surface area contributed by atoms with Gasteiger partial charge in [0.1, 0.15) is 11.5 Å². The van der Waals surface area contributed by atoms with Crippen LogP contribution in [0.25, 0.3) is 0 Å². The van der Waals surface area contributed by atoms with E-state index in [-0.39, 0.29) is 17.4 Å². The summed E-state index contributed by atoms with van der Waals surface area (Å²) in [6.45, 7) is 6.06. The lowest BCUT2D eigenvalue weighted by Gasteiger charge is -2.20. The van der Waals surface area contributed by atoms with Crippen LogP contribution in [0.15, 0.2) is 42.6 Å². The van der Waals surface area contributed by atoms with Gasteiger partial charge in [-0.1, -0.05) is 19.1 Å². The van der Waals surface area contributed by atoms with E-state index in [0.717, 1.165) is 31.4 Å². The van der Waals surface area contributed by atoms with Gasteiger partial charge in [-0.2, -0.15) is 0 Å². The molecule has 1 atom stereocenters. The predicted octanol–water partition coefficient (Wildman–Crippen LogP) is 4.50. The van der Waals surface area contributed by atoms with Gasteiger partial charge in [0.15, 0.2) is 0 Å². The van der Waals surface area contributed by atoms with E-state index in [1.54, 1.807) is 12.3 Å². The van der Waals surface area contributed by atoms with Crippen molar-refractivity contribution in [3.63, 3.8) is 0 Å². The fraction of sp³-hybridized carbons (Fsp3) is 0.455. The summed E-state index contributed by atoms with van der Waals surface area (Å²) in [5.41, 5.74) is 6.54. The first kappa shape index (κ1) is 19.2. The smallest absolute Gasteiger partial charge is 0.223 e. The second-order valence-electron chi connectivity index (χ2n) is 7.70. The van der Waals surface area contributed by atoms with Gasteiger partial charge in [0, 0.05) is 6.07 Å². The molecule has 1 aromatic heterocycles. The second-order valence-corrected chi connectivity index (χ2v) is 7.70. The maximum absolute atomic E-state index is 11.6. The Bertz CT molecular complexity index is 765. The van der Waals surface area contributed by atoms with Crippen molar-refractivity contribution < 1.29 is 14.3 Å². The number of aromatic nitrogens is 1. The summed E-state index contributed by atoms with van der Waals surface area (Å²) in [7, 11) is 0. The van der Waals surface area contributed by atoms with Crippen LogP contribution in [0.5, 0.6) is 17.4 Å². The minimum absolute atomic E-state index is 0.0947. The van der Waals surface area contributed by atoms with Gasteiger partial charge in [-0.05, 0) is 69.2 Å². The Morgan fingerprint density at radius 2 is 1.78 bits per heavy atom. The summed E-state index contributed by atoms with van der Waals surface area (Å²) in [6.07, 6.45) is 5.52. The second kappa shape index (κ2) is 7.99. The van der Waals surface area contributed by atoms with Gasteiger partial charge in [0.25, 0.3) is 0 Å². The van der Waals surface area contributed by atoms with E-state index in [4.69, 9.17) is 15.2 Å². The number of carbonyl (C=O) groups is 1. The fourth-order valence-electron chi connectivity index (χ4n) is 3.37. The highest BCUT2D eigenvalue weighted by Crippen LogP contribution is 2.53. The number of amides is 1. The minimum Gasteiger partial charge on any atom is -0.475 e. The summed E-state index contributed by atoms with van der Waals surface area (Å²) in [5.74, 6) is 2.21. The number of ether oxygens (including phenoxy) is 2. The van der Waals surface area contributed by atoms with E-state index in [1.165, 1.54) is 5.56 Å². The molecule has 3 rings (SSSR count). The molecule has 1 aliphatic carbocycles. The molecule has 1 aromatic carbocycles.